The van der Waals surface area contributed by atoms with Gasteiger partial charge >= 0.3 is 0 Å². The van der Waals surface area contributed by atoms with E-state index in [0.29, 0.717) is 0 Å². The molecule has 0 atom stereocenters. The molecule has 0 saturated carbocycles. The standard InChI is InChI=1S/C20H22ClNO.ClH/c1-22(2)14-16-11-12-23-20-6-4-3-5-18(20)19(16)13-15-7-9-17(21)10-8-15;/h3-10H,11-14H2,1-2H3;1H. The molecule has 0 unspecified atom stereocenters. The lowest BCUT2D eigenvalue weighted by molar-refractivity contribution is 0.318. The average molecular weight is 364 g/mol. The number of halogens is 2. The Kier molecular flexibility index (Phi) is 6.73. The van der Waals surface area contributed by atoms with Gasteiger partial charge in [0.15, 0.2) is 0 Å². The molecule has 1 aliphatic heterocycles. The highest BCUT2D eigenvalue weighted by Gasteiger charge is 2.18. The first-order chi connectivity index (χ1) is 11.1. The van der Waals surface area contributed by atoms with Gasteiger partial charge in [-0.15, -0.1) is 12.4 Å². The number of hydrogen-bond acceptors (Lipinski definition) is 2. The summed E-state index contributed by atoms with van der Waals surface area (Å²) in [6, 6.07) is 16.5. The lowest BCUT2D eigenvalue weighted by Crippen LogP contribution is -2.17. The second kappa shape index (κ2) is 8.57. The molecule has 0 spiro atoms. The van der Waals surface area contributed by atoms with Crippen LogP contribution in [0, 0.1) is 0 Å². The fraction of sp³-hybridized carbons (Fsp3) is 0.300. The normalized spacial score (nSPS) is 13.8. The van der Waals surface area contributed by atoms with Gasteiger partial charge in [0.05, 0.1) is 6.61 Å². The van der Waals surface area contributed by atoms with E-state index in [1.54, 1.807) is 0 Å². The van der Waals surface area contributed by atoms with Gasteiger partial charge < -0.3 is 9.64 Å². The largest absolute Gasteiger partial charge is 0.493 e. The fourth-order valence-corrected chi connectivity index (χ4v) is 3.18. The van der Waals surface area contributed by atoms with Gasteiger partial charge in [0.2, 0.25) is 0 Å². The summed E-state index contributed by atoms with van der Waals surface area (Å²) in [5.74, 6) is 0.991. The highest BCUT2D eigenvalue weighted by Crippen LogP contribution is 2.35. The molecule has 0 radical (unpaired) electrons. The Hall–Kier alpha value is -1.48. The molecule has 1 heterocycles. The molecular weight excluding hydrogens is 341 g/mol. The molecule has 128 valence electrons. The summed E-state index contributed by atoms with van der Waals surface area (Å²) in [7, 11) is 4.23. The van der Waals surface area contributed by atoms with E-state index in [2.05, 4.69) is 49.3 Å². The Morgan fingerprint density at radius 1 is 1.04 bits per heavy atom. The molecule has 1 aliphatic rings. The zero-order valence-corrected chi connectivity index (χ0v) is 15.7. The summed E-state index contributed by atoms with van der Waals surface area (Å²) >= 11 is 6.02. The molecular formula is C20H23Cl2NO. The minimum absolute atomic E-state index is 0. The van der Waals surface area contributed by atoms with E-state index in [1.807, 2.05) is 18.2 Å². The predicted octanol–water partition coefficient (Wildman–Crippen LogP) is 5.10. The van der Waals surface area contributed by atoms with Crippen molar-refractivity contribution < 1.29 is 4.74 Å². The van der Waals surface area contributed by atoms with Crippen molar-refractivity contribution in [3.8, 4) is 5.75 Å². The zero-order valence-electron chi connectivity index (χ0n) is 14.1. The van der Waals surface area contributed by atoms with Gasteiger partial charge in [-0.25, -0.2) is 0 Å². The van der Waals surface area contributed by atoms with Crippen LogP contribution in [-0.4, -0.2) is 32.1 Å². The van der Waals surface area contributed by atoms with Crippen molar-refractivity contribution in [1.82, 2.24) is 4.90 Å². The zero-order chi connectivity index (χ0) is 16.2. The predicted molar refractivity (Wildman–Crippen MR) is 104 cm³/mol. The van der Waals surface area contributed by atoms with Gasteiger partial charge in [-0.3, -0.25) is 0 Å². The van der Waals surface area contributed by atoms with Gasteiger partial charge in [-0.2, -0.15) is 0 Å². The van der Waals surface area contributed by atoms with E-state index in [9.17, 15) is 0 Å². The highest BCUT2D eigenvalue weighted by molar-refractivity contribution is 6.30. The van der Waals surface area contributed by atoms with Crippen molar-refractivity contribution in [2.45, 2.75) is 12.8 Å². The highest BCUT2D eigenvalue weighted by atomic mass is 35.5. The number of allylic oxidation sites excluding steroid dienone is 1. The third-order valence-electron chi connectivity index (χ3n) is 4.10. The summed E-state index contributed by atoms with van der Waals surface area (Å²) in [5.41, 5.74) is 5.33. The molecule has 4 heteroatoms. The molecule has 3 rings (SSSR count). The monoisotopic (exact) mass is 363 g/mol. The number of hydrogen-bond donors (Lipinski definition) is 0. The number of rotatable bonds is 4. The number of fused-ring (bicyclic) bond motifs is 1. The van der Waals surface area contributed by atoms with Gasteiger partial charge in [-0.05, 0) is 55.4 Å². The van der Waals surface area contributed by atoms with Crippen LogP contribution in [0.15, 0.2) is 54.1 Å². The van der Waals surface area contributed by atoms with E-state index in [1.165, 1.54) is 22.3 Å². The van der Waals surface area contributed by atoms with Crippen molar-refractivity contribution in [3.63, 3.8) is 0 Å². The molecule has 0 fully saturated rings. The van der Waals surface area contributed by atoms with Crippen LogP contribution in [0.4, 0.5) is 0 Å². The van der Waals surface area contributed by atoms with Gasteiger partial charge in [0, 0.05) is 23.6 Å². The molecule has 2 aromatic rings. The summed E-state index contributed by atoms with van der Waals surface area (Å²) in [4.78, 5) is 2.23. The molecule has 0 N–H and O–H groups in total. The van der Waals surface area contributed by atoms with Gasteiger partial charge in [0.25, 0.3) is 0 Å². The Morgan fingerprint density at radius 3 is 2.46 bits per heavy atom. The summed E-state index contributed by atoms with van der Waals surface area (Å²) in [6.45, 7) is 1.70. The number of likely N-dealkylation sites (N-methyl/N-ethyl adjacent to an activating group) is 1. The van der Waals surface area contributed by atoms with E-state index in [4.69, 9.17) is 16.3 Å². The third kappa shape index (κ3) is 4.54. The SMILES string of the molecule is CN(C)CC1=C(Cc2ccc(Cl)cc2)c2ccccc2OCC1.Cl. The molecule has 2 nitrogen and oxygen atoms in total. The minimum Gasteiger partial charge on any atom is -0.493 e. The minimum atomic E-state index is 0. The fourth-order valence-electron chi connectivity index (χ4n) is 3.05. The van der Waals surface area contributed by atoms with Crippen molar-refractivity contribution in [3.05, 3.63) is 70.3 Å². The maximum Gasteiger partial charge on any atom is 0.126 e. The lowest BCUT2D eigenvalue weighted by Gasteiger charge is -2.18. The summed E-state index contributed by atoms with van der Waals surface area (Å²) < 4.78 is 5.97. The number of nitrogens with zero attached hydrogens (tertiary/aromatic N) is 1. The van der Waals surface area contributed by atoms with Crippen LogP contribution < -0.4 is 4.74 Å². The first-order valence-corrected chi connectivity index (χ1v) is 8.33. The molecule has 0 aliphatic carbocycles. The Bertz CT molecular complexity index is 708. The Morgan fingerprint density at radius 2 is 1.75 bits per heavy atom. The molecule has 2 aromatic carbocycles. The van der Waals surface area contributed by atoms with Gasteiger partial charge in [0.1, 0.15) is 5.75 Å². The lowest BCUT2D eigenvalue weighted by atomic mass is 9.92. The van der Waals surface area contributed by atoms with Crippen molar-refractivity contribution in [2.75, 3.05) is 27.2 Å². The van der Waals surface area contributed by atoms with E-state index in [0.717, 1.165) is 36.8 Å². The summed E-state index contributed by atoms with van der Waals surface area (Å²) in [6.07, 6.45) is 1.87. The van der Waals surface area contributed by atoms with Crippen LogP contribution in [-0.2, 0) is 6.42 Å². The maximum atomic E-state index is 6.02. The van der Waals surface area contributed by atoms with Crippen molar-refractivity contribution in [2.24, 2.45) is 0 Å². The molecule has 0 amide bonds. The molecule has 0 bridgehead atoms. The third-order valence-corrected chi connectivity index (χ3v) is 4.35. The Balaban J connectivity index is 0.00000208. The quantitative estimate of drug-likeness (QED) is 0.748. The topological polar surface area (TPSA) is 12.5 Å². The van der Waals surface area contributed by atoms with Gasteiger partial charge in [-0.1, -0.05) is 41.9 Å². The van der Waals surface area contributed by atoms with Crippen LogP contribution in [0.5, 0.6) is 5.75 Å². The van der Waals surface area contributed by atoms with E-state index < -0.39 is 0 Å². The van der Waals surface area contributed by atoms with Crippen molar-refractivity contribution in [1.29, 1.82) is 0 Å². The molecule has 0 aromatic heterocycles. The van der Waals surface area contributed by atoms with Crippen molar-refractivity contribution >= 4 is 29.6 Å². The van der Waals surface area contributed by atoms with Crippen LogP contribution in [0.1, 0.15) is 17.5 Å². The first kappa shape index (κ1) is 18.9. The number of ether oxygens (including phenoxy) is 1. The van der Waals surface area contributed by atoms with Crippen LogP contribution >= 0.6 is 24.0 Å². The Labute approximate surface area is 155 Å². The smallest absolute Gasteiger partial charge is 0.126 e. The van der Waals surface area contributed by atoms with E-state index in [-0.39, 0.29) is 12.4 Å². The summed E-state index contributed by atoms with van der Waals surface area (Å²) in [5, 5.41) is 0.779. The van der Waals surface area contributed by atoms with E-state index >= 15 is 0 Å². The molecule has 0 saturated heterocycles. The van der Waals surface area contributed by atoms with Crippen LogP contribution in [0.2, 0.25) is 5.02 Å². The molecule has 24 heavy (non-hydrogen) atoms. The first-order valence-electron chi connectivity index (χ1n) is 7.96. The number of para-hydroxylation sites is 1. The van der Waals surface area contributed by atoms with Crippen LogP contribution in [0.3, 0.4) is 0 Å². The average Bonchev–Trinajstić information content (AvgIpc) is 2.69. The second-order valence-electron chi connectivity index (χ2n) is 6.22. The maximum absolute atomic E-state index is 6.02. The second-order valence-corrected chi connectivity index (χ2v) is 6.65. The van der Waals surface area contributed by atoms with Crippen LogP contribution in [0.25, 0.3) is 5.57 Å². The number of benzene rings is 2.